The van der Waals surface area contributed by atoms with Gasteiger partial charge in [0.15, 0.2) is 5.69 Å². The highest BCUT2D eigenvalue weighted by molar-refractivity contribution is 5.69. The number of nitro groups is 1. The largest absolute Gasteiger partial charge is 0.357 e. The van der Waals surface area contributed by atoms with Crippen molar-refractivity contribution in [2.75, 3.05) is 12.4 Å². The van der Waals surface area contributed by atoms with Crippen LogP contribution in [0.25, 0.3) is 11.3 Å². The van der Waals surface area contributed by atoms with Crippen LogP contribution in [0.3, 0.4) is 0 Å². The van der Waals surface area contributed by atoms with Gasteiger partial charge in [0, 0.05) is 12.6 Å². The third-order valence-corrected chi connectivity index (χ3v) is 2.24. The van der Waals surface area contributed by atoms with Gasteiger partial charge < -0.3 is 5.32 Å². The van der Waals surface area contributed by atoms with E-state index in [0.29, 0.717) is 17.2 Å². The third kappa shape index (κ3) is 2.20. The molecule has 1 aromatic carbocycles. The maximum atomic E-state index is 10.9. The number of anilines is 1. The number of hydrogen-bond acceptors (Lipinski definition) is 5. The van der Waals surface area contributed by atoms with Crippen LogP contribution < -0.4 is 5.32 Å². The summed E-state index contributed by atoms with van der Waals surface area (Å²) in [5.41, 5.74) is 0.906. The molecule has 0 spiro atoms. The second kappa shape index (κ2) is 4.56. The maximum Gasteiger partial charge on any atom is 0.313 e. The van der Waals surface area contributed by atoms with Crippen molar-refractivity contribution in [1.29, 1.82) is 0 Å². The predicted molar refractivity (Wildman–Crippen MR) is 63.7 cm³/mol. The van der Waals surface area contributed by atoms with Crippen LogP contribution in [0.1, 0.15) is 0 Å². The van der Waals surface area contributed by atoms with Crippen molar-refractivity contribution >= 4 is 11.6 Å². The highest BCUT2D eigenvalue weighted by atomic mass is 16.6. The van der Waals surface area contributed by atoms with Crippen LogP contribution in [-0.2, 0) is 0 Å². The van der Waals surface area contributed by atoms with E-state index in [0.717, 1.165) is 0 Å². The fourth-order valence-corrected chi connectivity index (χ4v) is 1.44. The molecule has 0 radical (unpaired) electrons. The molecule has 2 aromatic rings. The molecule has 6 heteroatoms. The molecule has 17 heavy (non-hydrogen) atoms. The van der Waals surface area contributed by atoms with E-state index in [2.05, 4.69) is 15.3 Å². The number of nitrogens with one attached hydrogen (secondary N) is 1. The zero-order valence-electron chi connectivity index (χ0n) is 9.12. The van der Waals surface area contributed by atoms with E-state index in [9.17, 15) is 10.1 Å². The van der Waals surface area contributed by atoms with Gasteiger partial charge in [-0.1, -0.05) is 30.3 Å². The van der Waals surface area contributed by atoms with E-state index in [1.165, 1.54) is 6.20 Å². The van der Waals surface area contributed by atoms with Crippen molar-refractivity contribution in [1.82, 2.24) is 9.97 Å². The van der Waals surface area contributed by atoms with E-state index < -0.39 is 4.92 Å². The summed E-state index contributed by atoms with van der Waals surface area (Å²) in [4.78, 5) is 18.4. The summed E-state index contributed by atoms with van der Waals surface area (Å²) >= 11 is 0. The van der Waals surface area contributed by atoms with Crippen molar-refractivity contribution in [2.45, 2.75) is 0 Å². The molecule has 0 unspecified atom stereocenters. The maximum absolute atomic E-state index is 10.9. The van der Waals surface area contributed by atoms with Crippen LogP contribution in [0, 0.1) is 10.1 Å². The molecule has 0 bridgehead atoms. The smallest absolute Gasteiger partial charge is 0.313 e. The Morgan fingerprint density at radius 3 is 2.59 bits per heavy atom. The first-order valence-corrected chi connectivity index (χ1v) is 4.97. The van der Waals surface area contributed by atoms with Crippen LogP contribution in [-0.4, -0.2) is 21.9 Å². The molecule has 0 atom stereocenters. The Hall–Kier alpha value is -2.50. The van der Waals surface area contributed by atoms with Crippen molar-refractivity contribution in [3.63, 3.8) is 0 Å². The fraction of sp³-hybridized carbons (Fsp3) is 0.0909. The average molecular weight is 230 g/mol. The summed E-state index contributed by atoms with van der Waals surface area (Å²) in [5, 5.41) is 13.7. The first-order valence-electron chi connectivity index (χ1n) is 4.97. The van der Waals surface area contributed by atoms with Crippen LogP contribution in [0.15, 0.2) is 36.5 Å². The molecule has 86 valence electrons. The van der Waals surface area contributed by atoms with Gasteiger partial charge in [-0.05, 0) is 0 Å². The standard InChI is InChI=1S/C11H10N4O2/c1-12-11-13-7-9(15(16)17)10(14-11)8-5-3-2-4-6-8/h2-7H,1H3,(H,12,13,14). The monoisotopic (exact) mass is 230 g/mol. The van der Waals surface area contributed by atoms with Gasteiger partial charge in [-0.25, -0.2) is 9.97 Å². The molecule has 0 aliphatic heterocycles. The van der Waals surface area contributed by atoms with Crippen molar-refractivity contribution in [2.24, 2.45) is 0 Å². The Labute approximate surface area is 97.5 Å². The molecular formula is C11H10N4O2. The Morgan fingerprint density at radius 2 is 2.00 bits per heavy atom. The van der Waals surface area contributed by atoms with E-state index in [4.69, 9.17) is 0 Å². The topological polar surface area (TPSA) is 81.0 Å². The van der Waals surface area contributed by atoms with Crippen molar-refractivity contribution in [3.8, 4) is 11.3 Å². The second-order valence-corrected chi connectivity index (χ2v) is 3.30. The van der Waals surface area contributed by atoms with Crippen LogP contribution in [0.5, 0.6) is 0 Å². The highest BCUT2D eigenvalue weighted by Crippen LogP contribution is 2.27. The molecule has 1 aromatic heterocycles. The van der Waals surface area contributed by atoms with Gasteiger partial charge in [0.05, 0.1) is 4.92 Å². The average Bonchev–Trinajstić information content (AvgIpc) is 2.39. The minimum Gasteiger partial charge on any atom is -0.357 e. The molecule has 0 saturated carbocycles. The van der Waals surface area contributed by atoms with E-state index in [-0.39, 0.29) is 5.69 Å². The second-order valence-electron chi connectivity index (χ2n) is 3.30. The van der Waals surface area contributed by atoms with Gasteiger partial charge in [-0.2, -0.15) is 0 Å². The highest BCUT2D eigenvalue weighted by Gasteiger charge is 2.18. The van der Waals surface area contributed by atoms with Gasteiger partial charge in [-0.3, -0.25) is 10.1 Å². The molecule has 1 heterocycles. The lowest BCUT2D eigenvalue weighted by atomic mass is 10.1. The van der Waals surface area contributed by atoms with Crippen LogP contribution >= 0.6 is 0 Å². The van der Waals surface area contributed by atoms with Gasteiger partial charge in [0.2, 0.25) is 5.95 Å². The minimum absolute atomic E-state index is 0.102. The normalized spacial score (nSPS) is 9.94. The summed E-state index contributed by atoms with van der Waals surface area (Å²) in [5.74, 6) is 0.356. The Balaban J connectivity index is 2.61. The van der Waals surface area contributed by atoms with Gasteiger partial charge >= 0.3 is 5.69 Å². The summed E-state index contributed by atoms with van der Waals surface area (Å²) in [6.45, 7) is 0. The third-order valence-electron chi connectivity index (χ3n) is 2.24. The molecule has 6 nitrogen and oxygen atoms in total. The molecule has 0 fully saturated rings. The summed E-state index contributed by atoms with van der Waals surface area (Å²) in [7, 11) is 1.66. The SMILES string of the molecule is CNc1ncc([N+](=O)[O-])c(-c2ccccc2)n1. The summed E-state index contributed by atoms with van der Waals surface area (Å²) in [6.07, 6.45) is 1.21. The minimum atomic E-state index is -0.484. The zero-order chi connectivity index (χ0) is 12.3. The quantitative estimate of drug-likeness (QED) is 0.645. The van der Waals surface area contributed by atoms with Crippen LogP contribution in [0.2, 0.25) is 0 Å². The molecule has 0 saturated heterocycles. The molecule has 0 aliphatic carbocycles. The van der Waals surface area contributed by atoms with E-state index >= 15 is 0 Å². The number of nitrogens with zero attached hydrogens (tertiary/aromatic N) is 3. The Kier molecular flexibility index (Phi) is 2.95. The number of rotatable bonds is 3. The molecule has 0 aliphatic rings. The van der Waals surface area contributed by atoms with Crippen molar-refractivity contribution in [3.05, 3.63) is 46.6 Å². The van der Waals surface area contributed by atoms with Gasteiger partial charge in [0.1, 0.15) is 6.20 Å². The van der Waals surface area contributed by atoms with E-state index in [1.807, 2.05) is 6.07 Å². The number of benzene rings is 1. The van der Waals surface area contributed by atoms with E-state index in [1.54, 1.807) is 31.3 Å². The first kappa shape index (κ1) is 11.0. The molecular weight excluding hydrogens is 220 g/mol. The summed E-state index contributed by atoms with van der Waals surface area (Å²) in [6, 6.07) is 9.00. The fourth-order valence-electron chi connectivity index (χ4n) is 1.44. The van der Waals surface area contributed by atoms with Crippen molar-refractivity contribution < 1.29 is 4.92 Å². The lowest BCUT2D eigenvalue weighted by Gasteiger charge is -2.04. The number of hydrogen-bond donors (Lipinski definition) is 1. The lowest BCUT2D eigenvalue weighted by molar-refractivity contribution is -0.384. The molecule has 1 N–H and O–H groups in total. The zero-order valence-corrected chi connectivity index (χ0v) is 9.12. The van der Waals surface area contributed by atoms with Gasteiger partial charge in [0.25, 0.3) is 0 Å². The molecule has 2 rings (SSSR count). The predicted octanol–water partition coefficient (Wildman–Crippen LogP) is 2.09. The van der Waals surface area contributed by atoms with Gasteiger partial charge in [-0.15, -0.1) is 0 Å². The lowest BCUT2D eigenvalue weighted by Crippen LogP contribution is -2.01. The molecule has 0 amide bonds. The summed E-state index contributed by atoms with van der Waals surface area (Å²) < 4.78 is 0. The Morgan fingerprint density at radius 1 is 1.29 bits per heavy atom. The number of aromatic nitrogens is 2. The Bertz CT molecular complexity index is 542. The van der Waals surface area contributed by atoms with Crippen LogP contribution in [0.4, 0.5) is 11.6 Å². The first-order chi connectivity index (χ1) is 8.22.